The maximum atomic E-state index is 12.4. The van der Waals surface area contributed by atoms with E-state index < -0.39 is 34.4 Å². The Labute approximate surface area is 165 Å². The number of rotatable bonds is 7. The van der Waals surface area contributed by atoms with E-state index in [1.165, 1.54) is 45.5 Å². The van der Waals surface area contributed by atoms with Crippen molar-refractivity contribution in [3.63, 3.8) is 0 Å². The first-order valence-electron chi connectivity index (χ1n) is 7.81. The third kappa shape index (κ3) is 4.74. The van der Waals surface area contributed by atoms with Crippen molar-refractivity contribution in [2.75, 3.05) is 33.1 Å². The highest BCUT2D eigenvalue weighted by atomic mass is 32.2. The van der Waals surface area contributed by atoms with Crippen LogP contribution in [-0.2, 0) is 24.3 Å². The lowest BCUT2D eigenvalue weighted by atomic mass is 10.1. The molecule has 2 aromatic rings. The van der Waals surface area contributed by atoms with E-state index in [1.807, 2.05) is 0 Å². The van der Waals surface area contributed by atoms with Crippen LogP contribution in [0.2, 0.25) is 0 Å². The molecule has 0 fully saturated rings. The van der Waals surface area contributed by atoms with E-state index in [-0.39, 0.29) is 21.0 Å². The van der Waals surface area contributed by atoms with E-state index in [2.05, 4.69) is 14.8 Å². The van der Waals surface area contributed by atoms with Crippen LogP contribution in [0.1, 0.15) is 20.7 Å². The van der Waals surface area contributed by atoms with E-state index in [4.69, 9.17) is 0 Å². The van der Waals surface area contributed by atoms with Gasteiger partial charge in [0.25, 0.3) is 10.0 Å². The van der Waals surface area contributed by atoms with Crippen molar-refractivity contribution >= 4 is 44.9 Å². The van der Waals surface area contributed by atoms with Gasteiger partial charge in [-0.05, 0) is 29.6 Å². The van der Waals surface area contributed by atoms with Crippen LogP contribution >= 0.6 is 11.3 Å². The minimum atomic E-state index is -3.81. The van der Waals surface area contributed by atoms with E-state index in [0.717, 1.165) is 15.6 Å². The number of likely N-dealkylation sites (N-methyl/N-ethyl adjacent to an activating group) is 1. The Morgan fingerprint density at radius 2 is 1.79 bits per heavy atom. The molecule has 28 heavy (non-hydrogen) atoms. The van der Waals surface area contributed by atoms with Crippen LogP contribution in [0.15, 0.2) is 39.9 Å². The molecule has 0 aliphatic carbocycles. The first kappa shape index (κ1) is 21.5. The van der Waals surface area contributed by atoms with Gasteiger partial charge in [-0.15, -0.1) is 11.3 Å². The van der Waals surface area contributed by atoms with Crippen molar-refractivity contribution in [2.24, 2.45) is 0 Å². The molecule has 0 unspecified atom stereocenters. The van der Waals surface area contributed by atoms with Gasteiger partial charge in [0.05, 0.1) is 37.6 Å². The Balaban J connectivity index is 2.24. The topological polar surface area (TPSA) is 119 Å². The lowest BCUT2D eigenvalue weighted by Gasteiger charge is -2.17. The fourth-order valence-electron chi connectivity index (χ4n) is 2.22. The summed E-state index contributed by atoms with van der Waals surface area (Å²) in [7, 11) is -0.186. The quantitative estimate of drug-likeness (QED) is 0.668. The summed E-state index contributed by atoms with van der Waals surface area (Å²) in [5.74, 6) is -2.09. The number of thiophene rings is 1. The van der Waals surface area contributed by atoms with Gasteiger partial charge >= 0.3 is 11.9 Å². The van der Waals surface area contributed by atoms with Crippen LogP contribution in [0.25, 0.3) is 0 Å². The molecule has 1 aromatic heterocycles. The molecule has 0 spiro atoms. The number of amides is 1. The zero-order valence-electron chi connectivity index (χ0n) is 15.3. The summed E-state index contributed by atoms with van der Waals surface area (Å²) in [4.78, 5) is 36.0. The number of carbonyl (C=O) groups excluding carboxylic acids is 3. The van der Waals surface area contributed by atoms with Gasteiger partial charge in [0.1, 0.15) is 4.21 Å². The summed E-state index contributed by atoms with van der Waals surface area (Å²) in [6, 6.07) is 6.93. The van der Waals surface area contributed by atoms with Crippen molar-refractivity contribution in [1.82, 2.24) is 4.31 Å². The molecule has 0 saturated heterocycles. The summed E-state index contributed by atoms with van der Waals surface area (Å²) in [5, 5.41) is 4.06. The predicted molar refractivity (Wildman–Crippen MR) is 102 cm³/mol. The Bertz CT molecular complexity index is 985. The molecule has 0 saturated carbocycles. The number of carbonyl (C=O) groups is 3. The zero-order chi connectivity index (χ0) is 20.9. The maximum Gasteiger partial charge on any atom is 0.339 e. The molecule has 0 atom stereocenters. The number of ether oxygens (including phenoxy) is 2. The van der Waals surface area contributed by atoms with Gasteiger partial charge in [0.2, 0.25) is 5.91 Å². The number of benzene rings is 1. The van der Waals surface area contributed by atoms with Gasteiger partial charge < -0.3 is 14.8 Å². The van der Waals surface area contributed by atoms with Crippen LogP contribution in [-0.4, -0.2) is 58.4 Å². The minimum absolute atomic E-state index is 0.00155. The van der Waals surface area contributed by atoms with Gasteiger partial charge in [-0.1, -0.05) is 6.07 Å². The Morgan fingerprint density at radius 3 is 2.36 bits per heavy atom. The van der Waals surface area contributed by atoms with Crippen molar-refractivity contribution < 1.29 is 32.3 Å². The fraction of sp³-hybridized carbons (Fsp3) is 0.235. The van der Waals surface area contributed by atoms with Crippen LogP contribution in [0, 0.1) is 0 Å². The van der Waals surface area contributed by atoms with Crippen molar-refractivity contribution in [3.05, 3.63) is 46.8 Å². The Kier molecular flexibility index (Phi) is 6.89. The van der Waals surface area contributed by atoms with Gasteiger partial charge in [-0.3, -0.25) is 4.79 Å². The van der Waals surface area contributed by atoms with E-state index in [1.54, 1.807) is 11.4 Å². The van der Waals surface area contributed by atoms with E-state index in [9.17, 15) is 22.8 Å². The number of anilines is 1. The second kappa shape index (κ2) is 8.95. The number of esters is 2. The van der Waals surface area contributed by atoms with Crippen molar-refractivity contribution in [1.29, 1.82) is 0 Å². The molecule has 1 N–H and O–H groups in total. The summed E-state index contributed by atoms with van der Waals surface area (Å²) >= 11 is 1.03. The average Bonchev–Trinajstić information content (AvgIpc) is 3.22. The molecular formula is C17H18N2O7S2. The molecule has 1 amide bonds. The molecule has 1 aromatic carbocycles. The monoisotopic (exact) mass is 426 g/mol. The van der Waals surface area contributed by atoms with Gasteiger partial charge in [0, 0.05) is 7.05 Å². The van der Waals surface area contributed by atoms with E-state index in [0.29, 0.717) is 0 Å². The van der Waals surface area contributed by atoms with Gasteiger partial charge in [0.15, 0.2) is 0 Å². The highest BCUT2D eigenvalue weighted by Crippen LogP contribution is 2.22. The predicted octanol–water partition coefficient (Wildman–Crippen LogP) is 1.58. The average molecular weight is 426 g/mol. The number of methoxy groups -OCH3 is 2. The first-order chi connectivity index (χ1) is 13.2. The standard InChI is InChI=1S/C17H18N2O7S2/c1-19(28(23,24)15-5-4-8-27-15)10-14(20)18-13-9-11(16(21)25-2)6-7-12(13)17(22)26-3/h4-9H,10H2,1-3H3,(H,18,20). The van der Waals surface area contributed by atoms with Gasteiger partial charge in [-0.2, -0.15) is 4.31 Å². The maximum absolute atomic E-state index is 12.4. The lowest BCUT2D eigenvalue weighted by Crippen LogP contribution is -2.35. The second-order valence-electron chi connectivity index (χ2n) is 5.48. The molecule has 0 radical (unpaired) electrons. The number of sulfonamides is 1. The third-order valence-corrected chi connectivity index (χ3v) is 6.82. The SMILES string of the molecule is COC(=O)c1ccc(C(=O)OC)c(NC(=O)CN(C)S(=O)(=O)c2cccs2)c1. The second-order valence-corrected chi connectivity index (χ2v) is 8.70. The minimum Gasteiger partial charge on any atom is -0.465 e. The number of nitrogens with one attached hydrogen (secondary N) is 1. The van der Waals surface area contributed by atoms with Crippen LogP contribution < -0.4 is 5.32 Å². The van der Waals surface area contributed by atoms with E-state index >= 15 is 0 Å². The summed E-state index contributed by atoms with van der Waals surface area (Å²) in [6.45, 7) is -0.497. The largest absolute Gasteiger partial charge is 0.465 e. The highest BCUT2D eigenvalue weighted by Gasteiger charge is 2.25. The lowest BCUT2D eigenvalue weighted by molar-refractivity contribution is -0.116. The Hall–Kier alpha value is -2.76. The fourth-order valence-corrected chi connectivity index (χ4v) is 4.55. The van der Waals surface area contributed by atoms with Crippen LogP contribution in [0.3, 0.4) is 0 Å². The highest BCUT2D eigenvalue weighted by molar-refractivity contribution is 7.91. The smallest absolute Gasteiger partial charge is 0.339 e. The molecule has 9 nitrogen and oxygen atoms in total. The molecular weight excluding hydrogens is 408 g/mol. The molecule has 0 aliphatic heterocycles. The molecule has 0 aliphatic rings. The molecule has 150 valence electrons. The van der Waals surface area contributed by atoms with Crippen LogP contribution in [0.4, 0.5) is 5.69 Å². The molecule has 1 heterocycles. The molecule has 0 bridgehead atoms. The summed E-state index contributed by atoms with van der Waals surface area (Å²) in [5.41, 5.74) is 0.110. The molecule has 11 heteroatoms. The number of hydrogen-bond acceptors (Lipinski definition) is 8. The molecule has 2 rings (SSSR count). The van der Waals surface area contributed by atoms with Gasteiger partial charge in [-0.25, -0.2) is 18.0 Å². The first-order valence-corrected chi connectivity index (χ1v) is 10.1. The third-order valence-electron chi connectivity index (χ3n) is 3.65. The van der Waals surface area contributed by atoms with Crippen molar-refractivity contribution in [3.8, 4) is 0 Å². The number of hydrogen-bond donors (Lipinski definition) is 1. The van der Waals surface area contributed by atoms with Crippen LogP contribution in [0.5, 0.6) is 0 Å². The van der Waals surface area contributed by atoms with Crippen molar-refractivity contribution in [2.45, 2.75) is 4.21 Å². The summed E-state index contributed by atoms with van der Waals surface area (Å²) in [6.07, 6.45) is 0. The zero-order valence-corrected chi connectivity index (χ0v) is 16.9. The normalized spacial score (nSPS) is 11.1. The summed E-state index contributed by atoms with van der Waals surface area (Å²) < 4.78 is 35.1. The number of nitrogens with zero attached hydrogens (tertiary/aromatic N) is 1. The Morgan fingerprint density at radius 1 is 1.11 bits per heavy atom.